The summed E-state index contributed by atoms with van der Waals surface area (Å²) in [6.07, 6.45) is -1.26. The van der Waals surface area contributed by atoms with E-state index in [0.29, 0.717) is 0 Å². The Morgan fingerprint density at radius 3 is 2.57 bits per heavy atom. The molecule has 0 saturated carbocycles. The number of nitro groups is 1. The Morgan fingerprint density at radius 2 is 1.89 bits per heavy atom. The standard InChI is InChI=1S/C19H18N2O7/c1-12(13-5-3-2-4-6-13)28-19(23)20-8-7-16(22)14-9-17-18(27-11-26-17)10-15(14)21(24)25/h2-6,9-10,12H,7-8,11H2,1H3,(H,20,23). The van der Waals surface area contributed by atoms with Crippen LogP contribution in [0.4, 0.5) is 10.5 Å². The van der Waals surface area contributed by atoms with E-state index in [9.17, 15) is 19.7 Å². The fraction of sp³-hybridized carbons (Fsp3) is 0.263. The normalized spacial score (nSPS) is 12.9. The van der Waals surface area contributed by atoms with Crippen LogP contribution in [0.2, 0.25) is 0 Å². The summed E-state index contributed by atoms with van der Waals surface area (Å²) in [5.41, 5.74) is 0.376. The van der Waals surface area contributed by atoms with Crippen LogP contribution in [0.5, 0.6) is 11.5 Å². The number of benzene rings is 2. The van der Waals surface area contributed by atoms with Crippen molar-refractivity contribution in [1.82, 2.24) is 5.32 Å². The fourth-order valence-electron chi connectivity index (χ4n) is 2.71. The van der Waals surface area contributed by atoms with E-state index in [0.717, 1.165) is 5.56 Å². The van der Waals surface area contributed by atoms with E-state index in [-0.39, 0.29) is 42.5 Å². The van der Waals surface area contributed by atoms with Gasteiger partial charge in [0, 0.05) is 19.0 Å². The summed E-state index contributed by atoms with van der Waals surface area (Å²) in [5, 5.41) is 13.7. The number of Topliss-reactive ketones (excluding diaryl/α,β-unsaturated/α-hetero) is 1. The molecule has 1 amide bonds. The van der Waals surface area contributed by atoms with E-state index < -0.39 is 22.9 Å². The van der Waals surface area contributed by atoms with Crippen molar-refractivity contribution in [2.75, 3.05) is 13.3 Å². The SMILES string of the molecule is CC(OC(=O)NCCC(=O)c1cc2c(cc1[N+](=O)[O-])OCO2)c1ccccc1. The van der Waals surface area contributed by atoms with Crippen molar-refractivity contribution in [3.8, 4) is 11.5 Å². The Balaban J connectivity index is 1.56. The lowest BCUT2D eigenvalue weighted by atomic mass is 10.1. The van der Waals surface area contributed by atoms with Gasteiger partial charge in [-0.05, 0) is 12.5 Å². The van der Waals surface area contributed by atoms with E-state index in [2.05, 4.69) is 5.32 Å². The molecule has 3 rings (SSSR count). The maximum atomic E-state index is 12.4. The van der Waals surface area contributed by atoms with Gasteiger partial charge in [0.25, 0.3) is 5.69 Å². The number of nitrogens with one attached hydrogen (secondary N) is 1. The summed E-state index contributed by atoms with van der Waals surface area (Å²) < 4.78 is 15.5. The van der Waals surface area contributed by atoms with Crippen LogP contribution < -0.4 is 14.8 Å². The average molecular weight is 386 g/mol. The second kappa shape index (κ2) is 8.38. The zero-order valence-corrected chi connectivity index (χ0v) is 15.0. The highest BCUT2D eigenvalue weighted by Crippen LogP contribution is 2.38. The van der Waals surface area contributed by atoms with Gasteiger partial charge in [-0.1, -0.05) is 30.3 Å². The molecule has 0 saturated heterocycles. The predicted octanol–water partition coefficient (Wildman–Crippen LogP) is 3.38. The highest BCUT2D eigenvalue weighted by atomic mass is 16.7. The number of nitrogens with zero attached hydrogens (tertiary/aromatic N) is 1. The smallest absolute Gasteiger partial charge is 0.407 e. The number of amides is 1. The largest absolute Gasteiger partial charge is 0.454 e. The second-order valence-electron chi connectivity index (χ2n) is 6.04. The summed E-state index contributed by atoms with van der Waals surface area (Å²) in [5.74, 6) is -0.000681. The van der Waals surface area contributed by atoms with Crippen LogP contribution in [0.15, 0.2) is 42.5 Å². The Morgan fingerprint density at radius 1 is 1.21 bits per heavy atom. The molecule has 1 aliphatic heterocycles. The summed E-state index contributed by atoms with van der Waals surface area (Å²) >= 11 is 0. The lowest BCUT2D eigenvalue weighted by Gasteiger charge is -2.14. The number of ether oxygens (including phenoxy) is 3. The molecule has 0 radical (unpaired) electrons. The van der Waals surface area contributed by atoms with Crippen LogP contribution >= 0.6 is 0 Å². The number of carbonyl (C=O) groups is 2. The van der Waals surface area contributed by atoms with Gasteiger partial charge in [0.15, 0.2) is 17.3 Å². The number of ketones is 1. The van der Waals surface area contributed by atoms with Crippen LogP contribution in [-0.2, 0) is 4.74 Å². The molecule has 1 N–H and O–H groups in total. The minimum atomic E-state index is -0.677. The number of carbonyl (C=O) groups excluding carboxylic acids is 2. The molecule has 9 heteroatoms. The molecular formula is C19H18N2O7. The third-order valence-corrected chi connectivity index (χ3v) is 4.16. The summed E-state index contributed by atoms with van der Waals surface area (Å²) in [6.45, 7) is 1.65. The van der Waals surface area contributed by atoms with Crippen LogP contribution in [0, 0.1) is 10.1 Å². The summed E-state index contributed by atoms with van der Waals surface area (Å²) in [4.78, 5) is 34.9. The molecule has 0 aliphatic carbocycles. The van der Waals surface area contributed by atoms with Gasteiger partial charge < -0.3 is 19.5 Å². The molecule has 146 valence electrons. The first kappa shape index (κ1) is 19.2. The van der Waals surface area contributed by atoms with E-state index in [1.165, 1.54) is 12.1 Å². The van der Waals surface area contributed by atoms with Gasteiger partial charge in [-0.25, -0.2) is 4.79 Å². The average Bonchev–Trinajstić information content (AvgIpc) is 3.15. The van der Waals surface area contributed by atoms with Crippen LogP contribution in [-0.4, -0.2) is 30.1 Å². The molecule has 1 aliphatic rings. The second-order valence-corrected chi connectivity index (χ2v) is 6.04. The number of rotatable bonds is 7. The zero-order valence-electron chi connectivity index (χ0n) is 15.0. The first-order valence-electron chi connectivity index (χ1n) is 8.56. The molecule has 2 aromatic rings. The quantitative estimate of drug-likeness (QED) is 0.440. The molecular weight excluding hydrogens is 368 g/mol. The predicted molar refractivity (Wildman–Crippen MR) is 97.5 cm³/mol. The van der Waals surface area contributed by atoms with Crippen LogP contribution in [0.1, 0.15) is 35.4 Å². The van der Waals surface area contributed by atoms with Gasteiger partial charge in [-0.3, -0.25) is 14.9 Å². The van der Waals surface area contributed by atoms with Gasteiger partial charge in [0.05, 0.1) is 16.6 Å². The monoisotopic (exact) mass is 386 g/mol. The molecule has 1 atom stereocenters. The first-order chi connectivity index (χ1) is 13.5. The first-order valence-corrected chi connectivity index (χ1v) is 8.56. The Labute approximate surface area is 160 Å². The minimum Gasteiger partial charge on any atom is -0.454 e. The maximum absolute atomic E-state index is 12.4. The highest BCUT2D eigenvalue weighted by Gasteiger charge is 2.27. The Bertz CT molecular complexity index is 899. The number of alkyl carbamates (subject to hydrolysis) is 1. The van der Waals surface area contributed by atoms with Crippen molar-refractivity contribution in [3.63, 3.8) is 0 Å². The zero-order chi connectivity index (χ0) is 20.1. The van der Waals surface area contributed by atoms with Gasteiger partial charge in [0.2, 0.25) is 6.79 Å². The highest BCUT2D eigenvalue weighted by molar-refractivity contribution is 6.01. The number of nitro benzene ring substituents is 1. The van der Waals surface area contributed by atoms with Gasteiger partial charge in [-0.15, -0.1) is 0 Å². The third kappa shape index (κ3) is 4.37. The van der Waals surface area contributed by atoms with Crippen LogP contribution in [0.25, 0.3) is 0 Å². The summed E-state index contributed by atoms with van der Waals surface area (Å²) in [7, 11) is 0. The van der Waals surface area contributed by atoms with Crippen molar-refractivity contribution in [2.45, 2.75) is 19.4 Å². The number of fused-ring (bicyclic) bond motifs is 1. The number of hydrogen-bond donors (Lipinski definition) is 1. The lowest BCUT2D eigenvalue weighted by molar-refractivity contribution is -0.385. The molecule has 0 fully saturated rings. The molecule has 1 unspecified atom stereocenters. The molecule has 0 bridgehead atoms. The molecule has 0 aromatic heterocycles. The van der Waals surface area contributed by atoms with Crippen molar-refractivity contribution in [2.24, 2.45) is 0 Å². The molecule has 9 nitrogen and oxygen atoms in total. The lowest BCUT2D eigenvalue weighted by Crippen LogP contribution is -2.27. The molecule has 2 aromatic carbocycles. The van der Waals surface area contributed by atoms with Crippen molar-refractivity contribution >= 4 is 17.6 Å². The van der Waals surface area contributed by atoms with Gasteiger partial charge in [-0.2, -0.15) is 0 Å². The van der Waals surface area contributed by atoms with E-state index in [1.54, 1.807) is 6.92 Å². The van der Waals surface area contributed by atoms with Crippen LogP contribution in [0.3, 0.4) is 0 Å². The fourth-order valence-corrected chi connectivity index (χ4v) is 2.71. The summed E-state index contributed by atoms with van der Waals surface area (Å²) in [6, 6.07) is 11.7. The third-order valence-electron chi connectivity index (χ3n) is 4.16. The van der Waals surface area contributed by atoms with E-state index in [1.807, 2.05) is 30.3 Å². The van der Waals surface area contributed by atoms with Crippen molar-refractivity contribution in [1.29, 1.82) is 0 Å². The van der Waals surface area contributed by atoms with Crippen molar-refractivity contribution in [3.05, 3.63) is 63.7 Å². The minimum absolute atomic E-state index is 0.0230. The molecule has 0 spiro atoms. The Kier molecular flexibility index (Phi) is 5.73. The van der Waals surface area contributed by atoms with E-state index in [4.69, 9.17) is 14.2 Å². The number of hydrogen-bond acceptors (Lipinski definition) is 7. The Hall–Kier alpha value is -3.62. The van der Waals surface area contributed by atoms with Crippen molar-refractivity contribution < 1.29 is 28.7 Å². The van der Waals surface area contributed by atoms with Gasteiger partial charge in [0.1, 0.15) is 6.10 Å². The van der Waals surface area contributed by atoms with Gasteiger partial charge >= 0.3 is 6.09 Å². The maximum Gasteiger partial charge on any atom is 0.407 e. The van der Waals surface area contributed by atoms with E-state index >= 15 is 0 Å². The molecule has 28 heavy (non-hydrogen) atoms. The topological polar surface area (TPSA) is 117 Å². The molecule has 1 heterocycles.